The Labute approximate surface area is 198 Å². The zero-order valence-corrected chi connectivity index (χ0v) is 20.2. The first-order valence-electron chi connectivity index (χ1n) is 12.2. The zero-order valence-electron chi connectivity index (χ0n) is 19.4. The highest BCUT2D eigenvalue weighted by Crippen LogP contribution is 2.55. The average molecular weight is 500 g/mol. The van der Waals surface area contributed by atoms with Crippen molar-refractivity contribution in [2.45, 2.75) is 68.1 Å². The van der Waals surface area contributed by atoms with Crippen LogP contribution in [0.2, 0.25) is 0 Å². The Morgan fingerprint density at radius 2 is 1.47 bits per heavy atom. The predicted octanol–water partition coefficient (Wildman–Crippen LogP) is 3.49. The normalized spacial score (nSPS) is 33.1. The third kappa shape index (κ3) is 4.48. The molecular weight excluding hydrogens is 467 g/mol. The summed E-state index contributed by atoms with van der Waals surface area (Å²) in [7, 11) is -3.89. The Hall–Kier alpha value is -1.65. The summed E-state index contributed by atoms with van der Waals surface area (Å²) in [6.07, 6.45) is 2.64. The van der Waals surface area contributed by atoms with Crippen LogP contribution in [0.5, 0.6) is 0 Å². The molecule has 34 heavy (non-hydrogen) atoms. The second kappa shape index (κ2) is 8.48. The number of amides is 1. The van der Waals surface area contributed by atoms with Crippen LogP contribution in [0, 0.1) is 17.8 Å². The highest BCUT2D eigenvalue weighted by molar-refractivity contribution is 7.89. The molecule has 0 spiro atoms. The van der Waals surface area contributed by atoms with Crippen molar-refractivity contribution in [2.24, 2.45) is 17.8 Å². The molecular formula is C24H32F3N3O3S. The largest absolute Gasteiger partial charge is 0.416 e. The van der Waals surface area contributed by atoms with E-state index in [-0.39, 0.29) is 35.5 Å². The molecule has 1 saturated heterocycles. The molecule has 0 unspecified atom stereocenters. The number of hydrogen-bond acceptors (Lipinski definition) is 4. The van der Waals surface area contributed by atoms with Gasteiger partial charge in [-0.1, -0.05) is 0 Å². The summed E-state index contributed by atoms with van der Waals surface area (Å²) in [5, 5.41) is 3.40. The first-order chi connectivity index (χ1) is 16.0. The van der Waals surface area contributed by atoms with Gasteiger partial charge in [-0.2, -0.15) is 17.5 Å². The maximum Gasteiger partial charge on any atom is 0.416 e. The van der Waals surface area contributed by atoms with E-state index in [1.807, 2.05) is 11.8 Å². The minimum absolute atomic E-state index is 0.0148. The minimum atomic E-state index is -4.51. The van der Waals surface area contributed by atoms with Gasteiger partial charge in [-0.15, -0.1) is 0 Å². The maximum absolute atomic E-state index is 13.2. The van der Waals surface area contributed by atoms with Crippen molar-refractivity contribution in [3.63, 3.8) is 0 Å². The zero-order chi connectivity index (χ0) is 24.3. The number of alkyl halides is 3. The number of benzene rings is 1. The van der Waals surface area contributed by atoms with Crippen LogP contribution < -0.4 is 5.32 Å². The van der Waals surface area contributed by atoms with Crippen LogP contribution in [0.1, 0.15) is 51.0 Å². The Balaban J connectivity index is 1.18. The first kappa shape index (κ1) is 24.1. The van der Waals surface area contributed by atoms with E-state index in [0.717, 1.165) is 61.3 Å². The number of rotatable bonds is 5. The van der Waals surface area contributed by atoms with Crippen LogP contribution in [0.3, 0.4) is 0 Å². The number of nitrogens with one attached hydrogen (secondary N) is 1. The monoisotopic (exact) mass is 499 g/mol. The lowest BCUT2D eigenvalue weighted by molar-refractivity contribution is -0.137. The molecule has 1 aliphatic heterocycles. The van der Waals surface area contributed by atoms with Crippen molar-refractivity contribution < 1.29 is 26.4 Å². The number of carbonyl (C=O) groups is 1. The topological polar surface area (TPSA) is 69.7 Å². The third-order valence-electron chi connectivity index (χ3n) is 8.45. The molecule has 1 heterocycles. The van der Waals surface area contributed by atoms with Crippen LogP contribution in [0.15, 0.2) is 29.2 Å². The molecule has 1 aromatic rings. The summed E-state index contributed by atoms with van der Waals surface area (Å²) in [6.45, 7) is 3.05. The van der Waals surface area contributed by atoms with Crippen LogP contribution in [0.25, 0.3) is 0 Å². The van der Waals surface area contributed by atoms with Gasteiger partial charge < -0.3 is 5.32 Å². The summed E-state index contributed by atoms with van der Waals surface area (Å²) in [6, 6.07) is 3.24. The lowest BCUT2D eigenvalue weighted by Crippen LogP contribution is -2.63. The summed E-state index contributed by atoms with van der Waals surface area (Å²) in [5.41, 5.74) is -0.941. The molecule has 5 aliphatic rings. The molecule has 5 fully saturated rings. The second-order valence-corrected chi connectivity index (χ2v) is 12.8. The standard InChI is InChI=1S/C24H32F3N3O3S/c1-16(22(31)28-23-13-17-10-18(14-23)12-19(11-17)15-23)29-6-8-30(9-7-29)34(32,33)21-4-2-20(3-5-21)24(25,26)27/h2-5,16-19H,6-15H2,1H3,(H,28,31)/t16-,17?,18?,19?,23?/m0/s1. The van der Waals surface area contributed by atoms with Gasteiger partial charge in [0.2, 0.25) is 15.9 Å². The number of hydrogen-bond donors (Lipinski definition) is 1. The fourth-order valence-electron chi connectivity index (χ4n) is 7.09. The van der Waals surface area contributed by atoms with E-state index in [1.165, 1.54) is 23.6 Å². The van der Waals surface area contributed by atoms with Gasteiger partial charge in [0.1, 0.15) is 0 Å². The van der Waals surface area contributed by atoms with Crippen LogP contribution in [0.4, 0.5) is 13.2 Å². The molecule has 4 saturated carbocycles. The van der Waals surface area contributed by atoms with Gasteiger partial charge in [-0.05, 0) is 87.5 Å². The van der Waals surface area contributed by atoms with Gasteiger partial charge in [-0.3, -0.25) is 9.69 Å². The average Bonchev–Trinajstić information content (AvgIpc) is 2.77. The molecule has 4 bridgehead atoms. The fourth-order valence-corrected chi connectivity index (χ4v) is 8.51. The lowest BCUT2D eigenvalue weighted by atomic mass is 9.53. The number of carbonyl (C=O) groups excluding carboxylic acids is 1. The molecule has 0 aromatic heterocycles. The number of sulfonamides is 1. The van der Waals surface area contributed by atoms with Crippen LogP contribution >= 0.6 is 0 Å². The quantitative estimate of drug-likeness (QED) is 0.674. The van der Waals surface area contributed by atoms with E-state index in [0.29, 0.717) is 13.1 Å². The number of piperazine rings is 1. The van der Waals surface area contributed by atoms with Crippen molar-refractivity contribution in [3.8, 4) is 0 Å². The molecule has 4 aliphatic carbocycles. The van der Waals surface area contributed by atoms with E-state index in [2.05, 4.69) is 5.32 Å². The van der Waals surface area contributed by atoms with Gasteiger partial charge in [-0.25, -0.2) is 8.42 Å². The van der Waals surface area contributed by atoms with Crippen molar-refractivity contribution >= 4 is 15.9 Å². The van der Waals surface area contributed by atoms with Crippen molar-refractivity contribution in [2.75, 3.05) is 26.2 Å². The van der Waals surface area contributed by atoms with E-state index in [1.54, 1.807) is 0 Å². The predicted molar refractivity (Wildman–Crippen MR) is 120 cm³/mol. The number of nitrogens with zero attached hydrogens (tertiary/aromatic N) is 2. The molecule has 1 N–H and O–H groups in total. The molecule has 188 valence electrons. The molecule has 1 aromatic carbocycles. The van der Waals surface area contributed by atoms with Gasteiger partial charge in [0, 0.05) is 31.7 Å². The van der Waals surface area contributed by atoms with Crippen molar-refractivity contribution in [1.82, 2.24) is 14.5 Å². The molecule has 6 nitrogen and oxygen atoms in total. The van der Waals surface area contributed by atoms with Gasteiger partial charge in [0.15, 0.2) is 0 Å². The van der Waals surface area contributed by atoms with Crippen molar-refractivity contribution in [1.29, 1.82) is 0 Å². The van der Waals surface area contributed by atoms with E-state index < -0.39 is 21.8 Å². The van der Waals surface area contributed by atoms with Gasteiger partial charge >= 0.3 is 6.18 Å². The maximum atomic E-state index is 13.2. The summed E-state index contributed by atoms with van der Waals surface area (Å²) >= 11 is 0. The Bertz CT molecular complexity index is 998. The summed E-state index contributed by atoms with van der Waals surface area (Å²) < 4.78 is 65.5. The Kier molecular flexibility index (Phi) is 6.00. The van der Waals surface area contributed by atoms with Crippen LogP contribution in [-0.4, -0.2) is 61.3 Å². The van der Waals surface area contributed by atoms with E-state index in [4.69, 9.17) is 0 Å². The lowest BCUT2D eigenvalue weighted by Gasteiger charge is -2.57. The molecule has 10 heteroatoms. The Morgan fingerprint density at radius 3 is 1.94 bits per heavy atom. The highest BCUT2D eigenvalue weighted by atomic mass is 32.2. The minimum Gasteiger partial charge on any atom is -0.349 e. The fraction of sp³-hybridized carbons (Fsp3) is 0.708. The molecule has 1 atom stereocenters. The summed E-state index contributed by atoms with van der Waals surface area (Å²) in [5.74, 6) is 2.23. The third-order valence-corrected chi connectivity index (χ3v) is 10.4. The number of halogens is 3. The van der Waals surface area contributed by atoms with Gasteiger partial charge in [0.05, 0.1) is 16.5 Å². The van der Waals surface area contributed by atoms with E-state index in [9.17, 15) is 26.4 Å². The first-order valence-corrected chi connectivity index (χ1v) is 13.6. The second-order valence-electron chi connectivity index (χ2n) is 10.8. The highest BCUT2D eigenvalue weighted by Gasteiger charge is 2.52. The molecule has 6 rings (SSSR count). The smallest absolute Gasteiger partial charge is 0.349 e. The molecule has 1 amide bonds. The Morgan fingerprint density at radius 1 is 0.971 bits per heavy atom. The molecule has 0 radical (unpaired) electrons. The van der Waals surface area contributed by atoms with Crippen molar-refractivity contribution in [3.05, 3.63) is 29.8 Å². The summed E-state index contributed by atoms with van der Waals surface area (Å²) in [4.78, 5) is 15.0. The SMILES string of the molecule is C[C@@H](C(=O)NC12CC3CC(CC(C3)C1)C2)N1CCN(S(=O)(=O)c2ccc(C(F)(F)F)cc2)CC1. The van der Waals surface area contributed by atoms with E-state index >= 15 is 0 Å². The van der Waals surface area contributed by atoms with Crippen LogP contribution in [-0.2, 0) is 21.0 Å². The van der Waals surface area contributed by atoms with Gasteiger partial charge in [0.25, 0.3) is 0 Å².